The second-order valence-electron chi connectivity index (χ2n) is 6.46. The Morgan fingerprint density at radius 3 is 2.42 bits per heavy atom. The first-order valence-electron chi connectivity index (χ1n) is 9.29. The molecule has 0 fully saturated rings. The van der Waals surface area contributed by atoms with Crippen LogP contribution in [0.1, 0.15) is 35.3 Å². The van der Waals surface area contributed by atoms with Crippen LogP contribution < -0.4 is 10.1 Å². The van der Waals surface area contributed by atoms with E-state index < -0.39 is 0 Å². The summed E-state index contributed by atoms with van der Waals surface area (Å²) in [5.41, 5.74) is 2.94. The highest BCUT2D eigenvalue weighted by molar-refractivity contribution is 5.94. The molecule has 1 atom stereocenters. The monoisotopic (exact) mass is 354 g/mol. The van der Waals surface area contributed by atoms with E-state index in [0.717, 1.165) is 30.8 Å². The first-order valence-corrected chi connectivity index (χ1v) is 9.29. The van der Waals surface area contributed by atoms with E-state index in [1.807, 2.05) is 25.1 Å². The Bertz CT molecular complexity index is 697. The number of likely N-dealkylation sites (N-methyl/N-ethyl adjacent to an activating group) is 1. The van der Waals surface area contributed by atoms with E-state index in [-0.39, 0.29) is 11.9 Å². The van der Waals surface area contributed by atoms with Gasteiger partial charge in [0.2, 0.25) is 0 Å². The zero-order valence-electron chi connectivity index (χ0n) is 16.3. The zero-order chi connectivity index (χ0) is 18.9. The van der Waals surface area contributed by atoms with Crippen LogP contribution >= 0.6 is 0 Å². The van der Waals surface area contributed by atoms with Gasteiger partial charge in [-0.05, 0) is 49.7 Å². The normalized spacial score (nSPS) is 12.0. The Morgan fingerprint density at radius 2 is 1.81 bits per heavy atom. The summed E-state index contributed by atoms with van der Waals surface area (Å²) in [4.78, 5) is 15.0. The van der Waals surface area contributed by atoms with Gasteiger partial charge in [0.15, 0.2) is 0 Å². The van der Waals surface area contributed by atoms with Gasteiger partial charge in [0.1, 0.15) is 5.75 Å². The number of rotatable bonds is 9. The molecule has 4 heteroatoms. The number of carbonyl (C=O) groups is 1. The predicted octanol–water partition coefficient (Wildman–Crippen LogP) is 3.69. The van der Waals surface area contributed by atoms with Gasteiger partial charge in [-0.25, -0.2) is 0 Å². The van der Waals surface area contributed by atoms with Crippen LogP contribution in [-0.4, -0.2) is 43.6 Å². The molecule has 2 aromatic carbocycles. The molecule has 140 valence electrons. The summed E-state index contributed by atoms with van der Waals surface area (Å²) in [7, 11) is 1.63. The summed E-state index contributed by atoms with van der Waals surface area (Å²) in [6, 6.07) is 16.3. The highest BCUT2D eigenvalue weighted by Crippen LogP contribution is 2.19. The fourth-order valence-electron chi connectivity index (χ4n) is 3.23. The van der Waals surface area contributed by atoms with Crippen molar-refractivity contribution in [2.24, 2.45) is 0 Å². The highest BCUT2D eigenvalue weighted by Gasteiger charge is 2.18. The molecule has 0 aliphatic heterocycles. The van der Waals surface area contributed by atoms with Crippen LogP contribution in [0.2, 0.25) is 0 Å². The maximum absolute atomic E-state index is 12.6. The number of nitrogens with one attached hydrogen (secondary N) is 1. The Hall–Kier alpha value is -2.33. The Kier molecular flexibility index (Phi) is 7.67. The predicted molar refractivity (Wildman–Crippen MR) is 107 cm³/mol. The van der Waals surface area contributed by atoms with Crippen molar-refractivity contribution in [1.82, 2.24) is 10.2 Å². The third-order valence-corrected chi connectivity index (χ3v) is 4.81. The Balaban J connectivity index is 2.06. The van der Waals surface area contributed by atoms with Gasteiger partial charge in [0.25, 0.3) is 5.91 Å². The molecule has 0 aliphatic rings. The molecular formula is C22H30N2O2. The third-order valence-electron chi connectivity index (χ3n) is 4.81. The largest absolute Gasteiger partial charge is 0.496 e. The summed E-state index contributed by atoms with van der Waals surface area (Å²) in [5, 5.41) is 3.10. The van der Waals surface area contributed by atoms with Crippen molar-refractivity contribution < 1.29 is 9.53 Å². The molecule has 2 aromatic rings. The molecule has 0 radical (unpaired) electrons. The van der Waals surface area contributed by atoms with Crippen molar-refractivity contribution in [3.8, 4) is 5.75 Å². The number of nitrogens with zero attached hydrogens (tertiary/aromatic N) is 1. The van der Waals surface area contributed by atoms with E-state index >= 15 is 0 Å². The van der Waals surface area contributed by atoms with Crippen LogP contribution in [-0.2, 0) is 6.42 Å². The molecule has 0 aliphatic carbocycles. The summed E-state index contributed by atoms with van der Waals surface area (Å²) in [6.07, 6.45) is 0.917. The lowest BCUT2D eigenvalue weighted by Crippen LogP contribution is -2.45. The minimum absolute atomic E-state index is 0.0616. The minimum Gasteiger partial charge on any atom is -0.496 e. The molecule has 1 N–H and O–H groups in total. The first-order chi connectivity index (χ1) is 12.6. The van der Waals surface area contributed by atoms with Crippen LogP contribution in [0.15, 0.2) is 48.5 Å². The summed E-state index contributed by atoms with van der Waals surface area (Å²) < 4.78 is 5.33. The Labute approximate surface area is 157 Å². The minimum atomic E-state index is -0.0616. The van der Waals surface area contributed by atoms with Gasteiger partial charge in [-0.1, -0.05) is 50.2 Å². The molecule has 1 unspecified atom stereocenters. The first kappa shape index (κ1) is 20.0. The molecule has 0 saturated carbocycles. The third kappa shape index (κ3) is 5.33. The fraction of sp³-hybridized carbons (Fsp3) is 0.409. The highest BCUT2D eigenvalue weighted by atomic mass is 16.5. The second kappa shape index (κ2) is 9.97. The van der Waals surface area contributed by atoms with Gasteiger partial charge in [-0.3, -0.25) is 9.69 Å². The van der Waals surface area contributed by atoms with Gasteiger partial charge < -0.3 is 10.1 Å². The molecule has 0 heterocycles. The van der Waals surface area contributed by atoms with E-state index in [1.165, 1.54) is 5.56 Å². The maximum atomic E-state index is 12.6. The number of ether oxygens (including phenoxy) is 1. The number of hydrogen-bond acceptors (Lipinski definition) is 3. The number of methoxy groups -OCH3 is 1. The maximum Gasteiger partial charge on any atom is 0.251 e. The molecule has 0 spiro atoms. The quantitative estimate of drug-likeness (QED) is 0.747. The lowest BCUT2D eigenvalue weighted by Gasteiger charge is -2.30. The molecule has 0 aromatic heterocycles. The van der Waals surface area contributed by atoms with Crippen molar-refractivity contribution in [2.75, 3.05) is 26.7 Å². The number of carbonyl (C=O) groups excluding carboxylic acids is 1. The van der Waals surface area contributed by atoms with Crippen LogP contribution in [0, 0.1) is 6.92 Å². The van der Waals surface area contributed by atoms with Crippen molar-refractivity contribution in [3.63, 3.8) is 0 Å². The molecular weight excluding hydrogens is 324 g/mol. The number of amides is 1. The summed E-state index contributed by atoms with van der Waals surface area (Å²) in [5.74, 6) is 0.677. The van der Waals surface area contributed by atoms with Crippen LogP contribution in [0.3, 0.4) is 0 Å². The zero-order valence-corrected chi connectivity index (χ0v) is 16.3. The molecule has 0 saturated heterocycles. The van der Waals surface area contributed by atoms with Gasteiger partial charge in [-0.15, -0.1) is 0 Å². The summed E-state index contributed by atoms with van der Waals surface area (Å²) in [6.45, 7) is 8.83. The van der Waals surface area contributed by atoms with Crippen molar-refractivity contribution in [1.29, 1.82) is 0 Å². The van der Waals surface area contributed by atoms with Gasteiger partial charge >= 0.3 is 0 Å². The van der Waals surface area contributed by atoms with Crippen LogP contribution in [0.25, 0.3) is 0 Å². The number of aryl methyl sites for hydroxylation is 1. The SMILES string of the molecule is CCN(CC)C(CNC(=O)c1ccc(C)c(OC)c1)Cc1ccccc1. The molecule has 4 nitrogen and oxygen atoms in total. The van der Waals surface area contributed by atoms with E-state index in [1.54, 1.807) is 13.2 Å². The fourth-order valence-corrected chi connectivity index (χ4v) is 3.23. The number of benzene rings is 2. The average molecular weight is 354 g/mol. The molecule has 26 heavy (non-hydrogen) atoms. The lowest BCUT2D eigenvalue weighted by atomic mass is 10.0. The average Bonchev–Trinajstić information content (AvgIpc) is 2.67. The van der Waals surface area contributed by atoms with Gasteiger partial charge in [0.05, 0.1) is 7.11 Å². The molecule has 1 amide bonds. The van der Waals surface area contributed by atoms with Crippen LogP contribution in [0.5, 0.6) is 5.75 Å². The topological polar surface area (TPSA) is 41.6 Å². The van der Waals surface area contributed by atoms with E-state index in [2.05, 4.69) is 48.3 Å². The van der Waals surface area contributed by atoms with Crippen molar-refractivity contribution in [2.45, 2.75) is 33.2 Å². The number of hydrogen-bond donors (Lipinski definition) is 1. The van der Waals surface area contributed by atoms with Gasteiger partial charge in [-0.2, -0.15) is 0 Å². The smallest absolute Gasteiger partial charge is 0.251 e. The second-order valence-corrected chi connectivity index (χ2v) is 6.46. The lowest BCUT2D eigenvalue weighted by molar-refractivity contribution is 0.0934. The van der Waals surface area contributed by atoms with E-state index in [9.17, 15) is 4.79 Å². The van der Waals surface area contributed by atoms with E-state index in [0.29, 0.717) is 12.1 Å². The standard InChI is InChI=1S/C22H30N2O2/c1-5-24(6-2)20(14-18-10-8-7-9-11-18)16-23-22(25)19-13-12-17(3)21(15-19)26-4/h7-13,15,20H,5-6,14,16H2,1-4H3,(H,23,25). The molecule has 2 rings (SSSR count). The Morgan fingerprint density at radius 1 is 1.12 bits per heavy atom. The summed E-state index contributed by atoms with van der Waals surface area (Å²) >= 11 is 0. The molecule has 0 bridgehead atoms. The van der Waals surface area contributed by atoms with Crippen molar-refractivity contribution >= 4 is 5.91 Å². The van der Waals surface area contributed by atoms with Crippen LogP contribution in [0.4, 0.5) is 0 Å². The van der Waals surface area contributed by atoms with Crippen molar-refractivity contribution in [3.05, 3.63) is 65.2 Å². The van der Waals surface area contributed by atoms with Gasteiger partial charge in [0, 0.05) is 18.2 Å². The van der Waals surface area contributed by atoms with E-state index in [4.69, 9.17) is 4.74 Å².